The SMILES string of the molecule is CC/C=C\C/C=C\C/C=C\C/C=C\CCCCCCCCCCC(=O)NC(COC1OC(CO)C(OC2OC(CO)C(OC3OC(CO)C(O)C(O)C3O)C(O)C2O)C(O)C1O)C(O)/C=C/CC/C=C/CC/C=C/CCCCCCCCCCCCCCCCCCCCCCCCC. The van der Waals surface area contributed by atoms with Gasteiger partial charge in [0.1, 0.15) is 73.2 Å². The number of ether oxygens (including phenoxy) is 6. The minimum Gasteiger partial charge on any atom is -0.394 e. The number of aliphatic hydroxyl groups excluding tert-OH is 11. The van der Waals surface area contributed by atoms with Crippen LogP contribution in [-0.2, 0) is 33.2 Å². The van der Waals surface area contributed by atoms with Crippen LogP contribution in [0, 0.1) is 0 Å². The van der Waals surface area contributed by atoms with Crippen molar-refractivity contribution in [3.63, 3.8) is 0 Å². The van der Waals surface area contributed by atoms with Crippen LogP contribution >= 0.6 is 0 Å². The number of hydrogen-bond donors (Lipinski definition) is 12. The van der Waals surface area contributed by atoms with Crippen LogP contribution in [0.3, 0.4) is 0 Å². The molecular formula is C80H141NO18. The summed E-state index contributed by atoms with van der Waals surface area (Å²) in [5.41, 5.74) is 0. The Morgan fingerprint density at radius 2 is 0.707 bits per heavy atom. The van der Waals surface area contributed by atoms with Crippen molar-refractivity contribution in [2.24, 2.45) is 0 Å². The highest BCUT2D eigenvalue weighted by Gasteiger charge is 2.53. The van der Waals surface area contributed by atoms with Crippen molar-refractivity contribution in [2.75, 3.05) is 26.4 Å². The summed E-state index contributed by atoms with van der Waals surface area (Å²) in [7, 11) is 0. The third-order valence-electron chi connectivity index (χ3n) is 19.2. The van der Waals surface area contributed by atoms with E-state index >= 15 is 0 Å². The molecule has 3 saturated heterocycles. The second-order valence-electron chi connectivity index (χ2n) is 27.8. The lowest BCUT2D eigenvalue weighted by atomic mass is 9.96. The van der Waals surface area contributed by atoms with Crippen LogP contribution in [0.5, 0.6) is 0 Å². The van der Waals surface area contributed by atoms with Crippen molar-refractivity contribution >= 4 is 5.91 Å². The van der Waals surface area contributed by atoms with Gasteiger partial charge in [0.2, 0.25) is 5.91 Å². The van der Waals surface area contributed by atoms with Gasteiger partial charge in [-0.2, -0.15) is 0 Å². The van der Waals surface area contributed by atoms with Gasteiger partial charge in [-0.1, -0.05) is 279 Å². The number of rotatable bonds is 61. The van der Waals surface area contributed by atoms with Crippen LogP contribution in [0.1, 0.15) is 284 Å². The highest BCUT2D eigenvalue weighted by molar-refractivity contribution is 5.76. The number of carbonyl (C=O) groups excluding carboxylic acids is 1. The molecule has 17 unspecified atom stereocenters. The van der Waals surface area contributed by atoms with Crippen LogP contribution in [0.4, 0.5) is 0 Å². The summed E-state index contributed by atoms with van der Waals surface area (Å²) in [6.45, 7) is 1.61. The summed E-state index contributed by atoms with van der Waals surface area (Å²) in [5.74, 6) is -0.299. The van der Waals surface area contributed by atoms with Gasteiger partial charge in [-0.25, -0.2) is 0 Å². The van der Waals surface area contributed by atoms with E-state index in [1.165, 1.54) is 161 Å². The highest BCUT2D eigenvalue weighted by Crippen LogP contribution is 2.33. The normalized spacial score (nSPS) is 27.1. The van der Waals surface area contributed by atoms with Crippen molar-refractivity contribution in [1.29, 1.82) is 0 Å². The van der Waals surface area contributed by atoms with E-state index in [0.29, 0.717) is 12.8 Å². The van der Waals surface area contributed by atoms with Gasteiger partial charge in [0, 0.05) is 6.42 Å². The molecule has 19 nitrogen and oxygen atoms in total. The summed E-state index contributed by atoms with van der Waals surface area (Å²) >= 11 is 0. The second-order valence-corrected chi connectivity index (χ2v) is 27.8. The van der Waals surface area contributed by atoms with Gasteiger partial charge in [-0.15, -0.1) is 0 Å². The van der Waals surface area contributed by atoms with E-state index in [1.807, 2.05) is 6.08 Å². The third kappa shape index (κ3) is 40.7. The smallest absolute Gasteiger partial charge is 0.220 e. The fraction of sp³-hybridized carbons (Fsp3) is 0.812. The Morgan fingerprint density at radius 1 is 0.374 bits per heavy atom. The van der Waals surface area contributed by atoms with Gasteiger partial charge >= 0.3 is 0 Å². The van der Waals surface area contributed by atoms with E-state index < -0.39 is 124 Å². The average molecular weight is 1400 g/mol. The average Bonchev–Trinajstić information content (AvgIpc) is 0.784. The summed E-state index contributed by atoms with van der Waals surface area (Å²) < 4.78 is 34.4. The Hall–Kier alpha value is -3.03. The maximum atomic E-state index is 13.4. The molecule has 0 aliphatic carbocycles. The molecule has 19 heteroatoms. The molecule has 3 fully saturated rings. The molecule has 0 saturated carbocycles. The Labute approximate surface area is 597 Å². The molecule has 0 aromatic heterocycles. The summed E-state index contributed by atoms with van der Waals surface area (Å²) in [6.07, 6.45) is 52.9. The first-order valence-electron chi connectivity index (χ1n) is 39.3. The minimum atomic E-state index is -1.99. The fourth-order valence-electron chi connectivity index (χ4n) is 12.9. The molecule has 99 heavy (non-hydrogen) atoms. The van der Waals surface area contributed by atoms with Gasteiger partial charge in [-0.3, -0.25) is 4.79 Å². The first-order valence-corrected chi connectivity index (χ1v) is 39.3. The molecule has 12 N–H and O–H groups in total. The van der Waals surface area contributed by atoms with Crippen molar-refractivity contribution in [3.8, 4) is 0 Å². The van der Waals surface area contributed by atoms with Crippen LogP contribution in [0.15, 0.2) is 85.1 Å². The minimum absolute atomic E-state index is 0.218. The molecular weight excluding hydrogens is 1260 g/mol. The van der Waals surface area contributed by atoms with E-state index in [0.717, 1.165) is 89.9 Å². The molecule has 3 rings (SSSR count). The molecule has 17 atom stereocenters. The van der Waals surface area contributed by atoms with Gasteiger partial charge in [-0.05, 0) is 83.5 Å². The monoisotopic (exact) mass is 1400 g/mol. The largest absolute Gasteiger partial charge is 0.394 e. The van der Waals surface area contributed by atoms with Gasteiger partial charge in [0.15, 0.2) is 18.9 Å². The third-order valence-corrected chi connectivity index (χ3v) is 19.2. The molecule has 0 aromatic rings. The number of unbranched alkanes of at least 4 members (excludes halogenated alkanes) is 33. The first-order chi connectivity index (χ1) is 48.3. The van der Waals surface area contributed by atoms with Gasteiger partial charge in [0.05, 0.1) is 38.6 Å². The summed E-state index contributed by atoms with van der Waals surface area (Å²) in [4.78, 5) is 13.4. The van der Waals surface area contributed by atoms with Crippen molar-refractivity contribution < 1.29 is 89.4 Å². The summed E-state index contributed by atoms with van der Waals surface area (Å²) in [5, 5.41) is 121. The molecule has 574 valence electrons. The van der Waals surface area contributed by atoms with E-state index in [2.05, 4.69) is 92.1 Å². The summed E-state index contributed by atoms with van der Waals surface area (Å²) in [6, 6.07) is -1.01. The standard InChI is InChI=1S/C80H141NO18/c1-3-5-7-9-11-13-15-17-19-21-23-25-26-27-28-29-30-31-32-33-34-35-36-38-39-41-43-45-47-49-51-53-55-57-64(85)63(81-68(86)58-56-54-52-50-48-46-44-42-40-37-24-22-20-18-16-14-12-10-8-6-4-2)62-94-78-74(92)71(89)76(66(60-83)96-78)99-80-75(93)72(90)77(67(61-84)97-80)98-79-73(91)70(88)69(87)65(59-82)95-79/h6,8,12,14,18,20,24,37,39,41,47,49,55,57,63-67,69-80,82-85,87-93H,3-5,7,9-11,13,15-17,19,21-23,25-36,38,40,42-46,48,50-54,56,58-62H2,1-2H3,(H,81,86)/b8-6-,14-12-,20-18-,37-24-,41-39+,49-47+,57-55+. The molecule has 0 bridgehead atoms. The molecule has 3 aliphatic heterocycles. The molecule has 1 amide bonds. The lowest BCUT2D eigenvalue weighted by molar-refractivity contribution is -0.379. The zero-order chi connectivity index (χ0) is 71.8. The zero-order valence-corrected chi connectivity index (χ0v) is 61.2. The molecule has 0 radical (unpaired) electrons. The lowest BCUT2D eigenvalue weighted by Gasteiger charge is -2.48. The number of nitrogens with one attached hydrogen (secondary N) is 1. The molecule has 0 aromatic carbocycles. The van der Waals surface area contributed by atoms with E-state index in [4.69, 9.17) is 28.4 Å². The Balaban J connectivity index is 1.40. The molecule has 3 aliphatic rings. The number of hydrogen-bond acceptors (Lipinski definition) is 18. The zero-order valence-electron chi connectivity index (χ0n) is 61.2. The lowest BCUT2D eigenvalue weighted by Crippen LogP contribution is -2.66. The van der Waals surface area contributed by atoms with Gasteiger partial charge in [0.25, 0.3) is 0 Å². The van der Waals surface area contributed by atoms with Crippen LogP contribution < -0.4 is 5.32 Å². The van der Waals surface area contributed by atoms with Gasteiger partial charge < -0.3 is 89.9 Å². The number of aliphatic hydroxyl groups is 11. The Bertz CT molecular complexity index is 2120. The van der Waals surface area contributed by atoms with Crippen LogP contribution in [0.2, 0.25) is 0 Å². The van der Waals surface area contributed by atoms with Crippen molar-refractivity contribution in [3.05, 3.63) is 85.1 Å². The first kappa shape index (κ1) is 90.2. The van der Waals surface area contributed by atoms with Crippen LogP contribution in [-0.4, -0.2) is 193 Å². The van der Waals surface area contributed by atoms with E-state index in [1.54, 1.807) is 6.08 Å². The van der Waals surface area contributed by atoms with E-state index in [9.17, 15) is 61.0 Å². The second kappa shape index (κ2) is 60.3. The predicted octanol–water partition coefficient (Wildman–Crippen LogP) is 12.6. The Morgan fingerprint density at radius 3 is 1.13 bits per heavy atom. The van der Waals surface area contributed by atoms with Crippen molar-refractivity contribution in [2.45, 2.75) is 388 Å². The molecule has 0 spiro atoms. The fourth-order valence-corrected chi connectivity index (χ4v) is 12.9. The van der Waals surface area contributed by atoms with Crippen LogP contribution in [0.25, 0.3) is 0 Å². The van der Waals surface area contributed by atoms with Crippen molar-refractivity contribution in [1.82, 2.24) is 5.32 Å². The number of allylic oxidation sites excluding steroid dienone is 13. The predicted molar refractivity (Wildman–Crippen MR) is 392 cm³/mol. The quantitative estimate of drug-likeness (QED) is 0.0199. The maximum absolute atomic E-state index is 13.4. The topological polar surface area (TPSA) is 307 Å². The maximum Gasteiger partial charge on any atom is 0.220 e. The highest BCUT2D eigenvalue weighted by atomic mass is 16.8. The van der Waals surface area contributed by atoms with E-state index in [-0.39, 0.29) is 18.9 Å². The number of amides is 1. The number of carbonyl (C=O) groups is 1. The molecule has 3 heterocycles. The Kier molecular flexibility index (Phi) is 54.9.